The van der Waals surface area contributed by atoms with Crippen molar-refractivity contribution >= 4 is 73.5 Å². The number of nitrogens with one attached hydrogen (secondary N) is 1. The van der Waals surface area contributed by atoms with Crippen molar-refractivity contribution in [1.82, 2.24) is 0 Å². The average molecular weight is 566 g/mol. The Morgan fingerprint density at radius 3 is 2.54 bits per heavy atom. The summed E-state index contributed by atoms with van der Waals surface area (Å²) < 4.78 is 6.36. The van der Waals surface area contributed by atoms with Gasteiger partial charge in [0.15, 0.2) is 0 Å². The van der Waals surface area contributed by atoms with Crippen LogP contribution in [0.25, 0.3) is 16.8 Å². The van der Waals surface area contributed by atoms with Crippen LogP contribution in [0.15, 0.2) is 88.9 Å². The molecule has 4 rings (SSSR count). The van der Waals surface area contributed by atoms with Gasteiger partial charge in [-0.3, -0.25) is 4.79 Å². The van der Waals surface area contributed by atoms with Gasteiger partial charge in [-0.1, -0.05) is 75.5 Å². The number of fused-ring (bicyclic) bond motifs is 1. The summed E-state index contributed by atoms with van der Waals surface area (Å²) in [5.74, 6) is -1.07. The van der Waals surface area contributed by atoms with Gasteiger partial charge in [-0.2, -0.15) is 5.26 Å². The van der Waals surface area contributed by atoms with Crippen LogP contribution in [0.4, 0.5) is 5.69 Å². The fourth-order valence-corrected chi connectivity index (χ4v) is 4.09. The van der Waals surface area contributed by atoms with Crippen molar-refractivity contribution in [3.8, 4) is 11.8 Å². The smallest absolute Gasteiger partial charge is 0.344 e. The molecular formula is C27H15BrCl2N2O3. The van der Waals surface area contributed by atoms with E-state index < -0.39 is 11.9 Å². The van der Waals surface area contributed by atoms with Crippen molar-refractivity contribution in [3.05, 3.63) is 110 Å². The van der Waals surface area contributed by atoms with Gasteiger partial charge < -0.3 is 10.1 Å². The van der Waals surface area contributed by atoms with Gasteiger partial charge in [-0.25, -0.2) is 4.79 Å². The molecule has 4 aromatic carbocycles. The summed E-state index contributed by atoms with van der Waals surface area (Å²) in [6.07, 6.45) is 1.34. The zero-order valence-corrected chi connectivity index (χ0v) is 21.0. The fraction of sp³-hybridized carbons (Fsp3) is 0. The van der Waals surface area contributed by atoms with Crippen LogP contribution in [0.3, 0.4) is 0 Å². The lowest BCUT2D eigenvalue weighted by atomic mass is 10.0. The van der Waals surface area contributed by atoms with Gasteiger partial charge in [-0.05, 0) is 59.3 Å². The Morgan fingerprint density at radius 2 is 1.74 bits per heavy atom. The van der Waals surface area contributed by atoms with E-state index in [4.69, 9.17) is 27.9 Å². The number of benzene rings is 4. The topological polar surface area (TPSA) is 79.2 Å². The molecule has 35 heavy (non-hydrogen) atoms. The molecule has 0 aromatic heterocycles. The summed E-state index contributed by atoms with van der Waals surface area (Å²) in [5, 5.41) is 14.5. The van der Waals surface area contributed by atoms with E-state index in [-0.39, 0.29) is 22.0 Å². The molecule has 0 radical (unpaired) electrons. The van der Waals surface area contributed by atoms with E-state index in [1.165, 1.54) is 18.2 Å². The summed E-state index contributed by atoms with van der Waals surface area (Å²) in [4.78, 5) is 25.8. The number of carbonyl (C=O) groups is 2. The third-order valence-electron chi connectivity index (χ3n) is 5.03. The number of anilines is 1. The van der Waals surface area contributed by atoms with E-state index in [2.05, 4.69) is 21.2 Å². The molecule has 0 aliphatic carbocycles. The lowest BCUT2D eigenvalue weighted by molar-refractivity contribution is -0.112. The van der Waals surface area contributed by atoms with Crippen LogP contribution in [0, 0.1) is 11.3 Å². The van der Waals surface area contributed by atoms with Crippen LogP contribution in [0.1, 0.15) is 15.9 Å². The molecule has 4 aromatic rings. The van der Waals surface area contributed by atoms with Crippen molar-refractivity contribution < 1.29 is 14.3 Å². The number of nitrogens with zero attached hydrogens (tertiary/aromatic N) is 1. The Hall–Kier alpha value is -3.63. The average Bonchev–Trinajstić information content (AvgIpc) is 2.85. The van der Waals surface area contributed by atoms with Gasteiger partial charge in [0.2, 0.25) is 0 Å². The number of hydrogen-bond acceptors (Lipinski definition) is 4. The maximum absolute atomic E-state index is 13.0. The zero-order chi connectivity index (χ0) is 24.9. The predicted octanol–water partition coefficient (Wildman–Crippen LogP) is 7.67. The van der Waals surface area contributed by atoms with E-state index in [1.54, 1.807) is 36.4 Å². The molecule has 0 aliphatic rings. The molecule has 0 atom stereocenters. The van der Waals surface area contributed by atoms with Crippen molar-refractivity contribution in [3.63, 3.8) is 0 Å². The molecule has 0 heterocycles. The van der Waals surface area contributed by atoms with Crippen molar-refractivity contribution in [2.75, 3.05) is 5.32 Å². The summed E-state index contributed by atoms with van der Waals surface area (Å²) >= 11 is 15.5. The number of carbonyl (C=O) groups excluding carboxylic acids is 2. The third kappa shape index (κ3) is 5.72. The highest BCUT2D eigenvalue weighted by Gasteiger charge is 2.17. The summed E-state index contributed by atoms with van der Waals surface area (Å²) in [6, 6.07) is 24.2. The monoisotopic (exact) mass is 564 g/mol. The van der Waals surface area contributed by atoms with Crippen LogP contribution in [-0.4, -0.2) is 11.9 Å². The van der Waals surface area contributed by atoms with E-state index in [1.807, 2.05) is 36.4 Å². The maximum atomic E-state index is 13.0. The van der Waals surface area contributed by atoms with Gasteiger partial charge in [0.25, 0.3) is 5.91 Å². The Labute approximate surface area is 219 Å². The van der Waals surface area contributed by atoms with E-state index in [0.717, 1.165) is 10.8 Å². The number of amides is 1. The molecule has 5 nitrogen and oxygen atoms in total. The predicted molar refractivity (Wildman–Crippen MR) is 142 cm³/mol. The molecule has 0 spiro atoms. The molecule has 1 amide bonds. The molecular weight excluding hydrogens is 551 g/mol. The molecule has 1 N–H and O–H groups in total. The Kier molecular flexibility index (Phi) is 7.52. The molecule has 0 aliphatic heterocycles. The van der Waals surface area contributed by atoms with Gasteiger partial charge in [-0.15, -0.1) is 0 Å². The highest BCUT2D eigenvalue weighted by atomic mass is 79.9. The second-order valence-corrected chi connectivity index (χ2v) is 9.11. The van der Waals surface area contributed by atoms with Crippen LogP contribution in [-0.2, 0) is 4.79 Å². The standard InChI is InChI=1S/C27H15BrCl2N2O3/c28-19-8-11-25(35-27(34)22-7-3-5-16-4-1-2-6-21(16)22)17(13-19)12-18(15-31)26(33)32-24-14-20(29)9-10-23(24)30/h1-14H,(H,32,33)/b18-12+. The number of halogens is 3. The second-order valence-electron chi connectivity index (χ2n) is 7.35. The Morgan fingerprint density at radius 1 is 0.971 bits per heavy atom. The number of hydrogen-bond donors (Lipinski definition) is 1. The quantitative estimate of drug-likeness (QED) is 0.116. The molecule has 172 valence electrons. The van der Waals surface area contributed by atoms with E-state index in [0.29, 0.717) is 20.6 Å². The van der Waals surface area contributed by atoms with Crippen LogP contribution in [0.5, 0.6) is 5.75 Å². The molecule has 8 heteroatoms. The summed E-state index contributed by atoms with van der Waals surface area (Å²) in [7, 11) is 0. The fourth-order valence-electron chi connectivity index (χ4n) is 3.37. The molecule has 0 bridgehead atoms. The Balaban J connectivity index is 1.65. The zero-order valence-electron chi connectivity index (χ0n) is 17.9. The maximum Gasteiger partial charge on any atom is 0.344 e. The molecule has 0 unspecified atom stereocenters. The lowest BCUT2D eigenvalue weighted by Gasteiger charge is -2.11. The first-order chi connectivity index (χ1) is 16.9. The lowest BCUT2D eigenvalue weighted by Crippen LogP contribution is -2.14. The highest BCUT2D eigenvalue weighted by molar-refractivity contribution is 9.10. The number of rotatable bonds is 5. The van der Waals surface area contributed by atoms with Crippen molar-refractivity contribution in [2.24, 2.45) is 0 Å². The first-order valence-corrected chi connectivity index (χ1v) is 11.8. The van der Waals surface area contributed by atoms with E-state index >= 15 is 0 Å². The minimum absolute atomic E-state index is 0.187. The van der Waals surface area contributed by atoms with Gasteiger partial charge in [0, 0.05) is 15.1 Å². The second kappa shape index (κ2) is 10.7. The molecule has 0 saturated heterocycles. The van der Waals surface area contributed by atoms with Crippen molar-refractivity contribution in [1.29, 1.82) is 5.26 Å². The summed E-state index contributed by atoms with van der Waals surface area (Å²) in [5.41, 5.74) is 0.801. The van der Waals surface area contributed by atoms with Crippen molar-refractivity contribution in [2.45, 2.75) is 0 Å². The largest absolute Gasteiger partial charge is 0.422 e. The molecule has 0 saturated carbocycles. The SMILES string of the molecule is N#C/C(=C\c1cc(Br)ccc1OC(=O)c1cccc2ccccc12)C(=O)Nc1cc(Cl)ccc1Cl. The first-order valence-electron chi connectivity index (χ1n) is 10.2. The van der Waals surface area contributed by atoms with Gasteiger partial charge >= 0.3 is 5.97 Å². The number of nitriles is 1. The Bertz CT molecular complexity index is 1540. The van der Waals surface area contributed by atoms with Crippen LogP contribution in [0.2, 0.25) is 10.0 Å². The third-order valence-corrected chi connectivity index (χ3v) is 6.08. The van der Waals surface area contributed by atoms with E-state index in [9.17, 15) is 14.9 Å². The summed E-state index contributed by atoms with van der Waals surface area (Å²) in [6.45, 7) is 0. The number of esters is 1. The minimum Gasteiger partial charge on any atom is -0.422 e. The van der Waals surface area contributed by atoms with Gasteiger partial charge in [0.05, 0.1) is 16.3 Å². The van der Waals surface area contributed by atoms with Crippen LogP contribution < -0.4 is 10.1 Å². The molecule has 0 fully saturated rings. The van der Waals surface area contributed by atoms with Crippen LogP contribution >= 0.6 is 39.1 Å². The number of ether oxygens (including phenoxy) is 1. The normalized spacial score (nSPS) is 11.1. The highest BCUT2D eigenvalue weighted by Crippen LogP contribution is 2.29. The first kappa shape index (κ1) is 24.5. The minimum atomic E-state index is -0.692. The van der Waals surface area contributed by atoms with Gasteiger partial charge in [0.1, 0.15) is 17.4 Å².